The Morgan fingerprint density at radius 2 is 1.97 bits per heavy atom. The molecule has 0 saturated carbocycles. The summed E-state index contributed by atoms with van der Waals surface area (Å²) in [6.45, 7) is 5.37. The summed E-state index contributed by atoms with van der Waals surface area (Å²) < 4.78 is 18.8. The van der Waals surface area contributed by atoms with Gasteiger partial charge in [0.25, 0.3) is 0 Å². The molecule has 1 aromatic carbocycles. The van der Waals surface area contributed by atoms with Crippen molar-refractivity contribution >= 4 is 5.91 Å². The van der Waals surface area contributed by atoms with E-state index in [1.54, 1.807) is 12.1 Å². The van der Waals surface area contributed by atoms with Gasteiger partial charge in [0.15, 0.2) is 0 Å². The highest BCUT2D eigenvalue weighted by atomic mass is 19.1. The maximum Gasteiger partial charge on any atom is 0.226 e. The molecule has 1 saturated heterocycles. The molecule has 4 rings (SSSR count). The second kappa shape index (κ2) is 8.78. The normalized spacial score (nSPS) is 14.8. The second-order valence-electron chi connectivity index (χ2n) is 7.83. The number of amides is 1. The zero-order chi connectivity index (χ0) is 21.1. The van der Waals surface area contributed by atoms with Crippen molar-refractivity contribution in [3.63, 3.8) is 0 Å². The Hall–Kier alpha value is -3.02. The number of likely N-dealkylation sites (tertiary alicyclic amines) is 1. The van der Waals surface area contributed by atoms with Gasteiger partial charge < -0.3 is 9.42 Å². The van der Waals surface area contributed by atoms with Crippen LogP contribution in [-0.4, -0.2) is 34.0 Å². The van der Waals surface area contributed by atoms with E-state index in [4.69, 9.17) is 9.51 Å². The van der Waals surface area contributed by atoms with Crippen LogP contribution in [0.25, 0.3) is 11.3 Å². The van der Waals surface area contributed by atoms with Crippen LogP contribution in [0.2, 0.25) is 0 Å². The van der Waals surface area contributed by atoms with Crippen LogP contribution in [0.5, 0.6) is 0 Å². The lowest BCUT2D eigenvalue weighted by Gasteiger charge is -2.32. The van der Waals surface area contributed by atoms with Crippen LogP contribution in [0, 0.1) is 12.7 Å². The lowest BCUT2D eigenvalue weighted by atomic mass is 9.92. The molecule has 0 bridgehead atoms. The summed E-state index contributed by atoms with van der Waals surface area (Å²) in [6, 6.07) is 12.4. The number of aromatic nitrogens is 2. The summed E-state index contributed by atoms with van der Waals surface area (Å²) >= 11 is 0. The van der Waals surface area contributed by atoms with E-state index in [1.807, 2.05) is 30.9 Å². The predicted molar refractivity (Wildman–Crippen MR) is 113 cm³/mol. The Morgan fingerprint density at radius 1 is 1.20 bits per heavy atom. The molecule has 0 radical (unpaired) electrons. The number of piperidine rings is 1. The predicted octanol–water partition coefficient (Wildman–Crippen LogP) is 4.70. The number of benzene rings is 1. The molecule has 0 unspecified atom stereocenters. The molecule has 0 N–H and O–H groups in total. The summed E-state index contributed by atoms with van der Waals surface area (Å²) in [5, 5.41) is 4.09. The Morgan fingerprint density at radius 3 is 2.70 bits per heavy atom. The van der Waals surface area contributed by atoms with Crippen molar-refractivity contribution in [2.75, 3.05) is 13.1 Å². The molecule has 6 heteroatoms. The van der Waals surface area contributed by atoms with Gasteiger partial charge in [0, 0.05) is 31.1 Å². The highest BCUT2D eigenvalue weighted by Gasteiger charge is 2.25. The van der Waals surface area contributed by atoms with E-state index < -0.39 is 0 Å². The highest BCUT2D eigenvalue weighted by Crippen LogP contribution is 2.31. The van der Waals surface area contributed by atoms with E-state index in [-0.39, 0.29) is 18.1 Å². The van der Waals surface area contributed by atoms with Gasteiger partial charge in [0.2, 0.25) is 5.91 Å². The number of hydrogen-bond donors (Lipinski definition) is 0. The fourth-order valence-corrected chi connectivity index (χ4v) is 4.16. The molecule has 5 nitrogen and oxygen atoms in total. The van der Waals surface area contributed by atoms with E-state index in [0.717, 1.165) is 47.7 Å². The molecule has 3 aromatic rings. The number of carbonyl (C=O) groups excluding carboxylic acids is 1. The first-order chi connectivity index (χ1) is 14.5. The van der Waals surface area contributed by atoms with Crippen LogP contribution >= 0.6 is 0 Å². The van der Waals surface area contributed by atoms with E-state index in [2.05, 4.69) is 11.2 Å². The van der Waals surface area contributed by atoms with Gasteiger partial charge in [-0.2, -0.15) is 0 Å². The fourth-order valence-electron chi connectivity index (χ4n) is 4.16. The van der Waals surface area contributed by atoms with Gasteiger partial charge in [-0.05, 0) is 49.6 Å². The van der Waals surface area contributed by atoms with Gasteiger partial charge in [-0.1, -0.05) is 30.3 Å². The van der Waals surface area contributed by atoms with Crippen molar-refractivity contribution in [2.24, 2.45) is 0 Å². The number of halogens is 1. The van der Waals surface area contributed by atoms with Crippen LogP contribution < -0.4 is 0 Å². The Kier molecular flexibility index (Phi) is 5.93. The van der Waals surface area contributed by atoms with Gasteiger partial charge in [0.05, 0.1) is 23.4 Å². The van der Waals surface area contributed by atoms with Crippen LogP contribution in [0.3, 0.4) is 0 Å². The largest absolute Gasteiger partial charge is 0.360 e. The first kappa shape index (κ1) is 20.3. The van der Waals surface area contributed by atoms with Gasteiger partial charge in [-0.3, -0.25) is 9.78 Å². The molecule has 0 spiro atoms. The lowest BCUT2D eigenvalue weighted by molar-refractivity contribution is -0.131. The summed E-state index contributed by atoms with van der Waals surface area (Å²) in [6.07, 6.45) is 2.75. The lowest BCUT2D eigenvalue weighted by Crippen LogP contribution is -2.38. The number of pyridine rings is 1. The van der Waals surface area contributed by atoms with Gasteiger partial charge >= 0.3 is 0 Å². The average molecular weight is 407 g/mol. The molecule has 3 heterocycles. The Bertz CT molecular complexity index is 1040. The topological polar surface area (TPSA) is 59.2 Å². The molecule has 0 aliphatic carbocycles. The Labute approximate surface area is 175 Å². The van der Waals surface area contributed by atoms with Crippen molar-refractivity contribution in [1.82, 2.24) is 15.0 Å². The summed E-state index contributed by atoms with van der Waals surface area (Å²) in [7, 11) is 0. The average Bonchev–Trinajstić information content (AvgIpc) is 3.14. The third-order valence-electron chi connectivity index (χ3n) is 5.79. The molecule has 0 atom stereocenters. The molecule has 156 valence electrons. The van der Waals surface area contributed by atoms with Crippen molar-refractivity contribution < 1.29 is 13.7 Å². The maximum absolute atomic E-state index is 13.4. The molecule has 30 heavy (non-hydrogen) atoms. The second-order valence-corrected chi connectivity index (χ2v) is 7.83. The zero-order valence-corrected chi connectivity index (χ0v) is 17.4. The van der Waals surface area contributed by atoms with Crippen molar-refractivity contribution in [2.45, 2.75) is 45.4 Å². The summed E-state index contributed by atoms with van der Waals surface area (Å²) in [5.41, 5.74) is 4.50. The fraction of sp³-hybridized carbons (Fsp3) is 0.375. The molecule has 1 amide bonds. The molecular weight excluding hydrogens is 381 g/mol. The minimum atomic E-state index is -0.306. The zero-order valence-electron chi connectivity index (χ0n) is 17.4. The molecular formula is C24H26FN3O2. The van der Waals surface area contributed by atoms with E-state index in [9.17, 15) is 9.18 Å². The Balaban J connectivity index is 1.42. The monoisotopic (exact) mass is 407 g/mol. The van der Waals surface area contributed by atoms with Crippen molar-refractivity contribution in [3.8, 4) is 11.3 Å². The smallest absolute Gasteiger partial charge is 0.226 e. The number of aryl methyl sites for hydroxylation is 2. The van der Waals surface area contributed by atoms with Gasteiger partial charge in [-0.15, -0.1) is 0 Å². The van der Waals surface area contributed by atoms with Crippen molar-refractivity contribution in [3.05, 3.63) is 71.0 Å². The minimum Gasteiger partial charge on any atom is -0.360 e. The number of nitrogens with zero attached hydrogens (tertiary/aromatic N) is 3. The quantitative estimate of drug-likeness (QED) is 0.615. The third-order valence-corrected chi connectivity index (χ3v) is 5.79. The molecule has 1 aliphatic heterocycles. The van der Waals surface area contributed by atoms with Gasteiger partial charge in [0.1, 0.15) is 11.6 Å². The SMILES string of the molecule is CCc1onc(C)c1-c1cccc(C2CCN(C(=O)Cc3cccc(F)c3)CC2)n1. The minimum absolute atomic E-state index is 0.0495. The van der Waals surface area contributed by atoms with E-state index in [1.165, 1.54) is 12.1 Å². The first-order valence-electron chi connectivity index (χ1n) is 10.5. The van der Waals surface area contributed by atoms with Crippen LogP contribution in [0.15, 0.2) is 47.0 Å². The van der Waals surface area contributed by atoms with E-state index in [0.29, 0.717) is 24.6 Å². The summed E-state index contributed by atoms with van der Waals surface area (Å²) in [4.78, 5) is 19.4. The molecule has 1 aliphatic rings. The highest BCUT2D eigenvalue weighted by molar-refractivity contribution is 5.78. The van der Waals surface area contributed by atoms with Crippen LogP contribution in [0.1, 0.15) is 48.4 Å². The van der Waals surface area contributed by atoms with Crippen LogP contribution in [0.4, 0.5) is 4.39 Å². The number of carbonyl (C=O) groups is 1. The molecule has 2 aromatic heterocycles. The number of rotatable bonds is 5. The first-order valence-corrected chi connectivity index (χ1v) is 10.5. The third kappa shape index (κ3) is 4.27. The van der Waals surface area contributed by atoms with Crippen LogP contribution in [-0.2, 0) is 17.6 Å². The van der Waals surface area contributed by atoms with Gasteiger partial charge in [-0.25, -0.2) is 4.39 Å². The standard InChI is InChI=1S/C24H26FN3O2/c1-3-22-24(16(2)27-30-22)21-9-5-8-20(26-21)18-10-12-28(13-11-18)23(29)15-17-6-4-7-19(25)14-17/h4-9,14,18H,3,10-13,15H2,1-2H3. The maximum atomic E-state index is 13.4. The number of hydrogen-bond acceptors (Lipinski definition) is 4. The van der Waals surface area contributed by atoms with Crippen molar-refractivity contribution in [1.29, 1.82) is 0 Å². The van der Waals surface area contributed by atoms with E-state index >= 15 is 0 Å². The summed E-state index contributed by atoms with van der Waals surface area (Å²) in [5.74, 6) is 0.913. The molecule has 1 fully saturated rings.